The highest BCUT2D eigenvalue weighted by molar-refractivity contribution is 5.94. The lowest BCUT2D eigenvalue weighted by Crippen LogP contribution is -2.51. The number of aryl methyl sites for hydroxylation is 2. The predicted molar refractivity (Wildman–Crippen MR) is 92.9 cm³/mol. The molecule has 1 aromatic heterocycles. The molecule has 25 heavy (non-hydrogen) atoms. The lowest BCUT2D eigenvalue weighted by Gasteiger charge is -2.35. The van der Waals surface area contributed by atoms with Gasteiger partial charge in [0.05, 0.1) is 6.42 Å². The van der Waals surface area contributed by atoms with Gasteiger partial charge >= 0.3 is 0 Å². The van der Waals surface area contributed by atoms with Crippen LogP contribution in [0.15, 0.2) is 30.3 Å². The molecule has 132 valence electrons. The number of nitrogens with zero attached hydrogens (tertiary/aromatic N) is 2. The van der Waals surface area contributed by atoms with Crippen molar-refractivity contribution < 1.29 is 14.0 Å². The summed E-state index contributed by atoms with van der Waals surface area (Å²) >= 11 is 0. The summed E-state index contributed by atoms with van der Waals surface area (Å²) in [5.41, 5.74) is 3.57. The number of halogens is 1. The topological polar surface area (TPSA) is 56.4 Å². The minimum atomic E-state index is -0.359. The molecule has 2 aromatic rings. The first-order valence-electron chi connectivity index (χ1n) is 8.42. The first-order chi connectivity index (χ1) is 11.9. The van der Waals surface area contributed by atoms with Crippen LogP contribution < -0.4 is 0 Å². The van der Waals surface area contributed by atoms with Crippen molar-refractivity contribution in [2.75, 3.05) is 26.2 Å². The quantitative estimate of drug-likeness (QED) is 0.930. The molecule has 1 aromatic carbocycles. The smallest absolute Gasteiger partial charge is 0.253 e. The van der Waals surface area contributed by atoms with Gasteiger partial charge in [0.2, 0.25) is 5.91 Å². The fraction of sp³-hybridized carbons (Fsp3) is 0.368. The van der Waals surface area contributed by atoms with E-state index in [9.17, 15) is 14.0 Å². The number of benzene rings is 1. The van der Waals surface area contributed by atoms with E-state index in [4.69, 9.17) is 0 Å². The SMILES string of the molecule is Cc1cc(CC(=O)N2CCN(C(=O)c3ccc(F)cc3)CC2)c(C)[nH]1. The molecule has 1 aliphatic heterocycles. The molecule has 1 N–H and O–H groups in total. The Bertz CT molecular complexity index is 774. The molecular weight excluding hydrogens is 321 g/mol. The van der Waals surface area contributed by atoms with Gasteiger partial charge in [-0.3, -0.25) is 9.59 Å². The molecule has 0 bridgehead atoms. The Kier molecular flexibility index (Phi) is 4.88. The molecule has 0 unspecified atom stereocenters. The van der Waals surface area contributed by atoms with Crippen LogP contribution in [0.1, 0.15) is 27.3 Å². The Hall–Kier alpha value is -2.63. The third kappa shape index (κ3) is 3.90. The molecule has 1 saturated heterocycles. The predicted octanol–water partition coefficient (Wildman–Crippen LogP) is 2.30. The highest BCUT2D eigenvalue weighted by atomic mass is 19.1. The maximum absolute atomic E-state index is 13.0. The molecule has 1 aliphatic rings. The van der Waals surface area contributed by atoms with Crippen molar-refractivity contribution in [3.63, 3.8) is 0 Å². The number of hydrogen-bond acceptors (Lipinski definition) is 2. The average Bonchev–Trinajstić information content (AvgIpc) is 2.92. The summed E-state index contributed by atoms with van der Waals surface area (Å²) in [7, 11) is 0. The van der Waals surface area contributed by atoms with Crippen LogP contribution in [-0.2, 0) is 11.2 Å². The highest BCUT2D eigenvalue weighted by Gasteiger charge is 2.25. The van der Waals surface area contributed by atoms with E-state index < -0.39 is 0 Å². The van der Waals surface area contributed by atoms with E-state index >= 15 is 0 Å². The van der Waals surface area contributed by atoms with E-state index in [1.165, 1.54) is 24.3 Å². The minimum Gasteiger partial charge on any atom is -0.362 e. The zero-order chi connectivity index (χ0) is 18.0. The first kappa shape index (κ1) is 17.2. The summed E-state index contributed by atoms with van der Waals surface area (Å²) in [5, 5.41) is 0. The van der Waals surface area contributed by atoms with Gasteiger partial charge in [-0.05, 0) is 49.7 Å². The second-order valence-electron chi connectivity index (χ2n) is 6.46. The van der Waals surface area contributed by atoms with Crippen molar-refractivity contribution in [3.8, 4) is 0 Å². The number of carbonyl (C=O) groups excluding carboxylic acids is 2. The van der Waals surface area contributed by atoms with E-state index in [1.54, 1.807) is 9.80 Å². The average molecular weight is 343 g/mol. The number of aromatic nitrogens is 1. The third-order valence-electron chi connectivity index (χ3n) is 4.61. The van der Waals surface area contributed by atoms with Gasteiger partial charge in [-0.25, -0.2) is 4.39 Å². The molecule has 2 amide bonds. The van der Waals surface area contributed by atoms with Gasteiger partial charge in [-0.2, -0.15) is 0 Å². The minimum absolute atomic E-state index is 0.0796. The second kappa shape index (κ2) is 7.09. The van der Waals surface area contributed by atoms with Crippen molar-refractivity contribution in [2.24, 2.45) is 0 Å². The lowest BCUT2D eigenvalue weighted by atomic mass is 10.1. The van der Waals surface area contributed by atoms with Crippen LogP contribution in [0.2, 0.25) is 0 Å². The molecule has 0 saturated carbocycles. The molecule has 0 radical (unpaired) electrons. The van der Waals surface area contributed by atoms with Crippen LogP contribution in [0.4, 0.5) is 4.39 Å². The van der Waals surface area contributed by atoms with Crippen molar-refractivity contribution in [1.82, 2.24) is 14.8 Å². The van der Waals surface area contributed by atoms with Gasteiger partial charge in [-0.1, -0.05) is 0 Å². The fourth-order valence-corrected chi connectivity index (χ4v) is 3.17. The Morgan fingerprint density at radius 3 is 2.20 bits per heavy atom. The fourth-order valence-electron chi connectivity index (χ4n) is 3.17. The molecule has 1 fully saturated rings. The van der Waals surface area contributed by atoms with Crippen LogP contribution in [0, 0.1) is 19.7 Å². The number of nitrogens with one attached hydrogen (secondary N) is 1. The third-order valence-corrected chi connectivity index (χ3v) is 4.61. The normalized spacial score (nSPS) is 14.7. The molecule has 2 heterocycles. The summed E-state index contributed by atoms with van der Waals surface area (Å²) in [5.74, 6) is -0.401. The van der Waals surface area contributed by atoms with Crippen LogP contribution in [0.3, 0.4) is 0 Å². The Morgan fingerprint density at radius 2 is 1.64 bits per heavy atom. The number of H-pyrrole nitrogens is 1. The zero-order valence-corrected chi connectivity index (χ0v) is 14.5. The Labute approximate surface area is 146 Å². The summed E-state index contributed by atoms with van der Waals surface area (Å²) in [4.78, 5) is 31.6. The zero-order valence-electron chi connectivity index (χ0n) is 14.5. The van der Waals surface area contributed by atoms with Crippen molar-refractivity contribution in [2.45, 2.75) is 20.3 Å². The standard InChI is InChI=1S/C19H22FN3O2/c1-13-11-16(14(2)21-13)12-18(24)22-7-9-23(10-8-22)19(25)15-3-5-17(20)6-4-15/h3-6,11,21H,7-10,12H2,1-2H3. The monoisotopic (exact) mass is 343 g/mol. The summed E-state index contributed by atoms with van der Waals surface area (Å²) < 4.78 is 13.0. The Morgan fingerprint density at radius 1 is 1.04 bits per heavy atom. The van der Waals surface area contributed by atoms with Gasteiger partial charge < -0.3 is 14.8 Å². The van der Waals surface area contributed by atoms with Gasteiger partial charge in [0.1, 0.15) is 5.82 Å². The van der Waals surface area contributed by atoms with E-state index in [0.29, 0.717) is 38.2 Å². The molecule has 5 nitrogen and oxygen atoms in total. The van der Waals surface area contributed by atoms with Gasteiger partial charge in [-0.15, -0.1) is 0 Å². The van der Waals surface area contributed by atoms with E-state index in [2.05, 4.69) is 4.98 Å². The van der Waals surface area contributed by atoms with Crippen LogP contribution in [-0.4, -0.2) is 52.8 Å². The molecule has 0 atom stereocenters. The summed E-state index contributed by atoms with van der Waals surface area (Å²) in [6.07, 6.45) is 0.377. The van der Waals surface area contributed by atoms with Gasteiger partial charge in [0.15, 0.2) is 0 Å². The second-order valence-corrected chi connectivity index (χ2v) is 6.46. The van der Waals surface area contributed by atoms with Crippen LogP contribution in [0.25, 0.3) is 0 Å². The van der Waals surface area contributed by atoms with Crippen LogP contribution >= 0.6 is 0 Å². The van der Waals surface area contributed by atoms with Gasteiger partial charge in [0, 0.05) is 43.1 Å². The maximum Gasteiger partial charge on any atom is 0.253 e. The summed E-state index contributed by atoms with van der Waals surface area (Å²) in [6.45, 7) is 5.97. The number of aromatic amines is 1. The first-order valence-corrected chi connectivity index (χ1v) is 8.42. The van der Waals surface area contributed by atoms with E-state index in [-0.39, 0.29) is 17.6 Å². The molecule has 6 heteroatoms. The number of carbonyl (C=O) groups is 2. The molecule has 0 spiro atoms. The largest absolute Gasteiger partial charge is 0.362 e. The van der Waals surface area contributed by atoms with Crippen LogP contribution in [0.5, 0.6) is 0 Å². The van der Waals surface area contributed by atoms with Crippen molar-refractivity contribution in [1.29, 1.82) is 0 Å². The Balaban J connectivity index is 1.56. The van der Waals surface area contributed by atoms with Crippen molar-refractivity contribution >= 4 is 11.8 Å². The van der Waals surface area contributed by atoms with E-state index in [0.717, 1.165) is 17.0 Å². The number of amides is 2. The molecule has 0 aliphatic carbocycles. The lowest BCUT2D eigenvalue weighted by molar-refractivity contribution is -0.131. The molecular formula is C19H22FN3O2. The van der Waals surface area contributed by atoms with E-state index in [1.807, 2.05) is 19.9 Å². The number of rotatable bonds is 3. The van der Waals surface area contributed by atoms with Gasteiger partial charge in [0.25, 0.3) is 5.91 Å². The van der Waals surface area contributed by atoms with Crippen molar-refractivity contribution in [3.05, 3.63) is 58.7 Å². The maximum atomic E-state index is 13.0. The summed E-state index contributed by atoms with van der Waals surface area (Å²) in [6, 6.07) is 7.56. The number of piperazine rings is 1. The number of hydrogen-bond donors (Lipinski definition) is 1. The highest BCUT2D eigenvalue weighted by Crippen LogP contribution is 2.14. The molecule has 3 rings (SSSR count).